The van der Waals surface area contributed by atoms with Crippen LogP contribution in [0.15, 0.2) is 0 Å². The summed E-state index contributed by atoms with van der Waals surface area (Å²) in [5.74, 6) is 0.812. The molecule has 0 aliphatic heterocycles. The van der Waals surface area contributed by atoms with Crippen molar-refractivity contribution in [2.75, 3.05) is 7.05 Å². The van der Waals surface area contributed by atoms with E-state index in [0.717, 1.165) is 12.0 Å². The maximum absolute atomic E-state index is 6.19. The second-order valence-corrected chi connectivity index (χ2v) is 4.05. The summed E-state index contributed by atoms with van der Waals surface area (Å²) < 4.78 is 0. The zero-order valence-electron chi connectivity index (χ0n) is 6.39. The van der Waals surface area contributed by atoms with E-state index < -0.39 is 0 Å². The molecule has 2 rings (SSSR count). The Balaban J connectivity index is 1.83. The summed E-state index contributed by atoms with van der Waals surface area (Å²) >= 11 is 6.19. The van der Waals surface area contributed by atoms with Crippen LogP contribution in [0.2, 0.25) is 0 Å². The van der Waals surface area contributed by atoms with Gasteiger partial charge in [-0.25, -0.2) is 0 Å². The van der Waals surface area contributed by atoms with Crippen LogP contribution < -0.4 is 0 Å². The van der Waals surface area contributed by atoms with Gasteiger partial charge < -0.3 is 0 Å². The third-order valence-corrected chi connectivity index (χ3v) is 3.19. The first-order chi connectivity index (χ1) is 4.79. The number of alkyl halides is 1. The summed E-state index contributed by atoms with van der Waals surface area (Å²) in [5, 5.41) is 0. The van der Waals surface area contributed by atoms with E-state index in [-0.39, 0.29) is 0 Å². The van der Waals surface area contributed by atoms with E-state index in [1.54, 1.807) is 0 Å². The van der Waals surface area contributed by atoms with Gasteiger partial charge in [0.15, 0.2) is 0 Å². The van der Waals surface area contributed by atoms with Crippen molar-refractivity contribution in [3.05, 3.63) is 0 Å². The van der Waals surface area contributed by atoms with Crippen LogP contribution in [-0.2, 0) is 0 Å². The number of nitrogens with zero attached hydrogens (tertiary/aromatic N) is 1. The molecule has 2 saturated carbocycles. The SMILES string of the molecule is CN(C1CC1)C(Cl)C1CC1. The Bertz CT molecular complexity index is 113. The molecule has 10 heavy (non-hydrogen) atoms. The fourth-order valence-electron chi connectivity index (χ4n) is 1.39. The Morgan fingerprint density at radius 2 is 1.90 bits per heavy atom. The first-order valence-electron chi connectivity index (χ1n) is 4.15. The molecule has 0 amide bonds. The molecule has 1 nitrogen and oxygen atoms in total. The number of hydrogen-bond donors (Lipinski definition) is 0. The summed E-state index contributed by atoms with van der Waals surface area (Å²) in [6.45, 7) is 0. The number of halogens is 1. The summed E-state index contributed by atoms with van der Waals surface area (Å²) in [4.78, 5) is 2.35. The van der Waals surface area contributed by atoms with E-state index in [4.69, 9.17) is 11.6 Å². The fraction of sp³-hybridized carbons (Fsp3) is 1.00. The maximum atomic E-state index is 6.19. The van der Waals surface area contributed by atoms with Crippen LogP contribution in [0.1, 0.15) is 25.7 Å². The lowest BCUT2D eigenvalue weighted by Gasteiger charge is -2.21. The highest BCUT2D eigenvalue weighted by atomic mass is 35.5. The quantitative estimate of drug-likeness (QED) is 0.450. The smallest absolute Gasteiger partial charge is 0.0878 e. The van der Waals surface area contributed by atoms with Crippen LogP contribution in [0.3, 0.4) is 0 Å². The highest BCUT2D eigenvalue weighted by Gasteiger charge is 2.38. The lowest BCUT2D eigenvalue weighted by atomic mass is 10.4. The Hall–Kier alpha value is 0.250. The van der Waals surface area contributed by atoms with Crippen LogP contribution in [0.5, 0.6) is 0 Å². The molecular formula is C8H14ClN. The molecule has 0 N–H and O–H groups in total. The standard InChI is InChI=1S/C8H14ClN/c1-10(7-4-5-7)8(9)6-2-3-6/h6-8H,2-5H2,1H3. The molecule has 0 saturated heterocycles. The molecule has 2 aliphatic rings. The molecule has 0 heterocycles. The second-order valence-electron chi connectivity index (χ2n) is 3.61. The first-order valence-corrected chi connectivity index (χ1v) is 4.58. The Kier molecular flexibility index (Phi) is 1.65. The summed E-state index contributed by atoms with van der Waals surface area (Å²) in [6.07, 6.45) is 5.44. The Morgan fingerprint density at radius 1 is 1.30 bits per heavy atom. The molecule has 0 radical (unpaired) electrons. The molecule has 2 fully saturated rings. The number of hydrogen-bond acceptors (Lipinski definition) is 1. The molecule has 1 atom stereocenters. The van der Waals surface area contributed by atoms with Gasteiger partial charge in [0.25, 0.3) is 0 Å². The molecule has 0 aromatic rings. The lowest BCUT2D eigenvalue weighted by Crippen LogP contribution is -2.30. The average molecular weight is 160 g/mol. The number of rotatable bonds is 3. The van der Waals surface area contributed by atoms with Crippen LogP contribution in [-0.4, -0.2) is 23.5 Å². The molecule has 0 bridgehead atoms. The van der Waals surface area contributed by atoms with Crippen molar-refractivity contribution >= 4 is 11.6 Å². The summed E-state index contributed by atoms with van der Waals surface area (Å²) in [7, 11) is 2.16. The average Bonchev–Trinajstić information content (AvgIpc) is 2.73. The van der Waals surface area contributed by atoms with Gasteiger partial charge >= 0.3 is 0 Å². The third-order valence-electron chi connectivity index (χ3n) is 2.52. The largest absolute Gasteiger partial charge is 0.287 e. The molecule has 58 valence electrons. The predicted octanol–water partition coefficient (Wildman–Crippen LogP) is 2.06. The second kappa shape index (κ2) is 2.38. The van der Waals surface area contributed by atoms with Crippen LogP contribution in [0.4, 0.5) is 0 Å². The van der Waals surface area contributed by atoms with Gasteiger partial charge in [0, 0.05) is 6.04 Å². The van der Waals surface area contributed by atoms with Crippen LogP contribution >= 0.6 is 11.6 Å². The van der Waals surface area contributed by atoms with Crippen molar-refractivity contribution in [2.24, 2.45) is 5.92 Å². The van der Waals surface area contributed by atoms with Gasteiger partial charge in [-0.3, -0.25) is 4.90 Å². The van der Waals surface area contributed by atoms with E-state index in [0.29, 0.717) is 5.50 Å². The Morgan fingerprint density at radius 3 is 2.30 bits per heavy atom. The highest BCUT2D eigenvalue weighted by molar-refractivity contribution is 6.20. The molecule has 0 spiro atoms. The van der Waals surface area contributed by atoms with Crippen molar-refractivity contribution in [3.8, 4) is 0 Å². The van der Waals surface area contributed by atoms with Crippen molar-refractivity contribution in [2.45, 2.75) is 37.2 Å². The van der Waals surface area contributed by atoms with Gasteiger partial charge in [0.05, 0.1) is 5.50 Å². The van der Waals surface area contributed by atoms with Crippen LogP contribution in [0.25, 0.3) is 0 Å². The van der Waals surface area contributed by atoms with Gasteiger partial charge in [0.2, 0.25) is 0 Å². The third kappa shape index (κ3) is 1.30. The van der Waals surface area contributed by atoms with Crippen molar-refractivity contribution < 1.29 is 0 Å². The highest BCUT2D eigenvalue weighted by Crippen LogP contribution is 2.40. The van der Waals surface area contributed by atoms with E-state index in [2.05, 4.69) is 11.9 Å². The van der Waals surface area contributed by atoms with Gasteiger partial charge in [-0.2, -0.15) is 0 Å². The Labute approximate surface area is 67.3 Å². The van der Waals surface area contributed by atoms with Gasteiger partial charge in [-0.1, -0.05) is 0 Å². The van der Waals surface area contributed by atoms with Crippen molar-refractivity contribution in [3.63, 3.8) is 0 Å². The van der Waals surface area contributed by atoms with Gasteiger partial charge in [-0.05, 0) is 38.6 Å². The topological polar surface area (TPSA) is 3.24 Å². The maximum Gasteiger partial charge on any atom is 0.0878 e. The van der Waals surface area contributed by atoms with Crippen LogP contribution in [0, 0.1) is 5.92 Å². The first kappa shape index (κ1) is 6.93. The predicted molar refractivity (Wildman–Crippen MR) is 43.2 cm³/mol. The molecule has 1 unspecified atom stereocenters. The molecule has 0 aromatic carbocycles. The lowest BCUT2D eigenvalue weighted by molar-refractivity contribution is 0.277. The van der Waals surface area contributed by atoms with E-state index >= 15 is 0 Å². The minimum Gasteiger partial charge on any atom is -0.287 e. The van der Waals surface area contributed by atoms with E-state index in [1.165, 1.54) is 25.7 Å². The van der Waals surface area contributed by atoms with Crippen molar-refractivity contribution in [1.82, 2.24) is 4.90 Å². The summed E-state index contributed by atoms with van der Waals surface area (Å²) in [6, 6.07) is 0.822. The molecular weight excluding hydrogens is 146 g/mol. The summed E-state index contributed by atoms with van der Waals surface area (Å²) in [5.41, 5.74) is 0.340. The minimum atomic E-state index is 0.340. The molecule has 2 heteroatoms. The van der Waals surface area contributed by atoms with Crippen molar-refractivity contribution in [1.29, 1.82) is 0 Å². The minimum absolute atomic E-state index is 0.340. The molecule has 2 aliphatic carbocycles. The van der Waals surface area contributed by atoms with Gasteiger partial charge in [0.1, 0.15) is 0 Å². The van der Waals surface area contributed by atoms with E-state index in [9.17, 15) is 0 Å². The normalized spacial score (nSPS) is 29.1. The zero-order chi connectivity index (χ0) is 7.14. The fourth-order valence-corrected chi connectivity index (χ4v) is 1.80. The molecule has 0 aromatic heterocycles. The zero-order valence-corrected chi connectivity index (χ0v) is 7.14. The van der Waals surface area contributed by atoms with E-state index in [1.807, 2.05) is 0 Å². The van der Waals surface area contributed by atoms with Gasteiger partial charge in [-0.15, -0.1) is 11.6 Å². The monoisotopic (exact) mass is 159 g/mol.